The van der Waals surface area contributed by atoms with Gasteiger partial charge in [0.15, 0.2) is 0 Å². The Morgan fingerprint density at radius 1 is 0.667 bits per heavy atom. The van der Waals surface area contributed by atoms with Crippen molar-refractivity contribution < 1.29 is 52.1 Å². The molecule has 0 unspecified atom stereocenters. The largest absolute Gasteiger partial charge is 3.00 e. The van der Waals surface area contributed by atoms with Gasteiger partial charge >= 0.3 is 22.4 Å². The average molecular weight is 366 g/mol. The van der Waals surface area contributed by atoms with Crippen LogP contribution in [0.3, 0.4) is 0 Å². The van der Waals surface area contributed by atoms with E-state index in [1.54, 1.807) is 0 Å². The molecule has 9 N–H and O–H groups in total. The topological polar surface area (TPSA) is 182 Å². The minimum Gasteiger partial charge on any atom is -0.665 e. The van der Waals surface area contributed by atoms with Crippen LogP contribution in [0.4, 0.5) is 0 Å². The molecule has 0 saturated carbocycles. The SMILES string of the molecule is N.N.O=[C-]O.O=[C-]O.O=[C-]O.[Au+3]. The molecule has 0 aromatic heterocycles. The van der Waals surface area contributed by atoms with Crippen LogP contribution in [0.5, 0.6) is 0 Å². The number of rotatable bonds is 0. The fourth-order valence-corrected chi connectivity index (χ4v) is 0. The van der Waals surface area contributed by atoms with Gasteiger partial charge in [-0.15, -0.1) is 0 Å². The quantitative estimate of drug-likeness (QED) is 0.271. The monoisotopic (exact) mass is 366 g/mol. The Kier molecular flexibility index (Phi) is 703. The van der Waals surface area contributed by atoms with Gasteiger partial charge in [-0.05, 0) is 0 Å². The summed E-state index contributed by atoms with van der Waals surface area (Å²) in [6.07, 6.45) is 0. The minimum atomic E-state index is 0. The fourth-order valence-electron chi connectivity index (χ4n) is 0. The number of aliphatic hydroxyl groups excluding tert-OH is 3. The van der Waals surface area contributed by atoms with E-state index in [-0.39, 0.29) is 34.7 Å². The van der Waals surface area contributed by atoms with Gasteiger partial charge in [0.2, 0.25) is 0 Å². The van der Waals surface area contributed by atoms with E-state index in [9.17, 15) is 0 Å². The van der Waals surface area contributed by atoms with E-state index in [2.05, 4.69) is 0 Å². The summed E-state index contributed by atoms with van der Waals surface area (Å²) in [6.45, 7) is 1.50. The summed E-state index contributed by atoms with van der Waals surface area (Å²) in [7, 11) is 0. The standard InChI is InChI=1S/3CHO2.Au.2H3N/c3*2-1-3;;;/h3*(H,2,3);;2*1H3/q3*-1;+3;;. The van der Waals surface area contributed by atoms with Crippen molar-refractivity contribution in [2.75, 3.05) is 0 Å². The summed E-state index contributed by atoms with van der Waals surface area (Å²) in [6, 6.07) is 0. The molecule has 0 aromatic carbocycles. The van der Waals surface area contributed by atoms with Crippen LogP contribution < -0.4 is 12.3 Å². The van der Waals surface area contributed by atoms with Crippen molar-refractivity contribution in [3.8, 4) is 0 Å². The van der Waals surface area contributed by atoms with Crippen LogP contribution in [0, 0.1) is 0 Å². The van der Waals surface area contributed by atoms with E-state index in [1.807, 2.05) is 0 Å². The molecule has 8 nitrogen and oxygen atoms in total. The third kappa shape index (κ3) is 683. The second-order valence-electron chi connectivity index (χ2n) is 0.274. The second kappa shape index (κ2) is 193. The van der Waals surface area contributed by atoms with Crippen molar-refractivity contribution >= 4 is 19.4 Å². The number of hydrogen-bond donors (Lipinski definition) is 5. The van der Waals surface area contributed by atoms with E-state index in [0.717, 1.165) is 0 Å². The molecule has 0 radical (unpaired) electrons. The van der Waals surface area contributed by atoms with Crippen molar-refractivity contribution in [2.24, 2.45) is 0 Å². The first kappa shape index (κ1) is 43.7. The number of hydrogen-bond acceptors (Lipinski definition) is 5. The van der Waals surface area contributed by atoms with Gasteiger partial charge in [-0.1, -0.05) is 19.4 Å². The summed E-state index contributed by atoms with van der Waals surface area (Å²) < 4.78 is 0. The van der Waals surface area contributed by atoms with Gasteiger partial charge < -0.3 is 42.0 Å². The predicted molar refractivity (Wildman–Crippen MR) is 35.0 cm³/mol. The molecule has 0 bridgehead atoms. The molecule has 0 aliphatic heterocycles. The Balaban J connectivity index is -0.00000001000. The Morgan fingerprint density at radius 2 is 0.667 bits per heavy atom. The first-order valence-electron chi connectivity index (χ1n) is 1.28. The van der Waals surface area contributed by atoms with Crippen LogP contribution >= 0.6 is 0 Å². The van der Waals surface area contributed by atoms with Crippen LogP contribution in [0.15, 0.2) is 0 Å². The third-order valence-electron chi connectivity index (χ3n) is 0. The maximum absolute atomic E-state index is 8.24. The minimum absolute atomic E-state index is 0. The molecule has 0 aliphatic carbocycles. The molecule has 0 atom stereocenters. The van der Waals surface area contributed by atoms with Gasteiger partial charge in [0.25, 0.3) is 0 Å². The molecule has 0 rings (SSSR count). The second-order valence-corrected chi connectivity index (χ2v) is 0.274. The van der Waals surface area contributed by atoms with E-state index >= 15 is 0 Å². The first-order valence-corrected chi connectivity index (χ1v) is 1.28. The molecule has 0 heterocycles. The molecule has 0 aliphatic rings. The fraction of sp³-hybridized carbons (Fsp3) is 0. The summed E-state index contributed by atoms with van der Waals surface area (Å²) in [4.78, 5) is 24.7. The summed E-state index contributed by atoms with van der Waals surface area (Å²) >= 11 is 0. The van der Waals surface area contributed by atoms with Crippen molar-refractivity contribution in [1.29, 1.82) is 0 Å². The molecular formula is C3H9AuN2O6. The van der Waals surface area contributed by atoms with Gasteiger partial charge in [0.1, 0.15) is 0 Å². The molecule has 0 spiro atoms. The Hall–Kier alpha value is -0.930. The molecule has 9 heteroatoms. The predicted octanol–water partition coefficient (Wildman–Crippen LogP) is -0.844. The maximum Gasteiger partial charge on any atom is 3.00 e. The van der Waals surface area contributed by atoms with Crippen LogP contribution in [-0.4, -0.2) is 34.7 Å². The van der Waals surface area contributed by atoms with Crippen molar-refractivity contribution in [2.45, 2.75) is 0 Å². The van der Waals surface area contributed by atoms with Crippen molar-refractivity contribution in [3.63, 3.8) is 0 Å². The van der Waals surface area contributed by atoms with Gasteiger partial charge in [-0.25, -0.2) is 0 Å². The van der Waals surface area contributed by atoms with Crippen LogP contribution in [0.1, 0.15) is 0 Å². The van der Waals surface area contributed by atoms with E-state index < -0.39 is 0 Å². The van der Waals surface area contributed by atoms with Gasteiger partial charge in [0.05, 0.1) is 0 Å². The van der Waals surface area contributed by atoms with E-state index in [1.165, 1.54) is 0 Å². The summed E-state index contributed by atoms with van der Waals surface area (Å²) in [5.41, 5.74) is 0. The van der Waals surface area contributed by atoms with E-state index in [4.69, 9.17) is 29.7 Å². The smallest absolute Gasteiger partial charge is 0.665 e. The Bertz CT molecular complexity index is 57.5. The maximum atomic E-state index is 8.24. The normalized spacial score (nSPS) is 3.00. The molecule has 78 valence electrons. The van der Waals surface area contributed by atoms with Crippen LogP contribution in [0.2, 0.25) is 0 Å². The molecule has 0 aromatic rings. The summed E-state index contributed by atoms with van der Waals surface area (Å²) in [5, 5.41) is 20.3. The molecule has 0 fully saturated rings. The van der Waals surface area contributed by atoms with Crippen molar-refractivity contribution in [1.82, 2.24) is 12.3 Å². The average Bonchev–Trinajstić information content (AvgIpc) is 1.70. The zero-order valence-corrected chi connectivity index (χ0v) is 7.95. The molecule has 12 heavy (non-hydrogen) atoms. The van der Waals surface area contributed by atoms with Crippen molar-refractivity contribution in [3.05, 3.63) is 0 Å². The van der Waals surface area contributed by atoms with Gasteiger partial charge in [0, 0.05) is 0 Å². The Morgan fingerprint density at radius 3 is 0.667 bits per heavy atom. The van der Waals surface area contributed by atoms with Crippen LogP contribution in [0.25, 0.3) is 0 Å². The molecule has 0 saturated heterocycles. The Labute approximate surface area is 84.3 Å². The molecule has 0 amide bonds. The van der Waals surface area contributed by atoms with Gasteiger partial charge in [-0.2, -0.15) is 0 Å². The van der Waals surface area contributed by atoms with Gasteiger partial charge in [-0.3, -0.25) is 0 Å². The third-order valence-corrected chi connectivity index (χ3v) is 0. The zero-order chi connectivity index (χ0) is 8.12. The molecular weight excluding hydrogens is 357 g/mol. The van der Waals surface area contributed by atoms with E-state index in [0.29, 0.717) is 19.4 Å². The summed E-state index contributed by atoms with van der Waals surface area (Å²) in [5.74, 6) is 0. The van der Waals surface area contributed by atoms with Crippen LogP contribution in [-0.2, 0) is 36.8 Å². The first-order chi connectivity index (χ1) is 4.24. The zero-order valence-electron chi connectivity index (χ0n) is 5.78.